The predicted molar refractivity (Wildman–Crippen MR) is 82.1 cm³/mol. The van der Waals surface area contributed by atoms with Crippen LogP contribution in [0.5, 0.6) is 0 Å². The molecule has 1 saturated heterocycles. The van der Waals surface area contributed by atoms with E-state index in [2.05, 4.69) is 16.0 Å². The number of Topliss-reactive ketones (excluding diaryl/α,β-unsaturated/α-hetero) is 1. The second kappa shape index (κ2) is 5.61. The van der Waals surface area contributed by atoms with Crippen LogP contribution in [0.2, 0.25) is 0 Å². The third kappa shape index (κ3) is 2.83. The van der Waals surface area contributed by atoms with Crippen molar-refractivity contribution >= 4 is 39.1 Å². The SMILES string of the molecule is CN1CCSCC1C(=O)Cc1nc2ccccc2s1. The van der Waals surface area contributed by atoms with Gasteiger partial charge in [-0.3, -0.25) is 9.69 Å². The van der Waals surface area contributed by atoms with E-state index in [0.717, 1.165) is 33.3 Å². The Labute approximate surface area is 121 Å². The van der Waals surface area contributed by atoms with E-state index in [-0.39, 0.29) is 6.04 Å². The van der Waals surface area contributed by atoms with E-state index >= 15 is 0 Å². The summed E-state index contributed by atoms with van der Waals surface area (Å²) in [6.07, 6.45) is 0.467. The highest BCUT2D eigenvalue weighted by Crippen LogP contribution is 2.23. The molecule has 1 aliphatic rings. The molecule has 0 spiro atoms. The fraction of sp³-hybridized carbons (Fsp3) is 0.429. The lowest BCUT2D eigenvalue weighted by molar-refractivity contribution is -0.122. The Hall–Kier alpha value is -0.910. The number of thioether (sulfide) groups is 1. The van der Waals surface area contributed by atoms with Gasteiger partial charge in [0.2, 0.25) is 0 Å². The molecule has 0 saturated carbocycles. The summed E-state index contributed by atoms with van der Waals surface area (Å²) in [4.78, 5) is 19.1. The fourth-order valence-electron chi connectivity index (χ4n) is 2.29. The van der Waals surface area contributed by atoms with Gasteiger partial charge in [-0.15, -0.1) is 11.3 Å². The van der Waals surface area contributed by atoms with E-state index in [0.29, 0.717) is 12.2 Å². The van der Waals surface area contributed by atoms with Gasteiger partial charge in [-0.25, -0.2) is 4.98 Å². The average molecular weight is 292 g/mol. The molecule has 0 bridgehead atoms. The number of fused-ring (bicyclic) bond motifs is 1. The highest BCUT2D eigenvalue weighted by Gasteiger charge is 2.26. The summed E-state index contributed by atoms with van der Waals surface area (Å²) in [5, 5.41) is 0.940. The Kier molecular flexibility index (Phi) is 3.86. The van der Waals surface area contributed by atoms with Gasteiger partial charge in [0.05, 0.1) is 22.7 Å². The zero-order chi connectivity index (χ0) is 13.2. The van der Waals surface area contributed by atoms with Crippen LogP contribution in [-0.2, 0) is 11.2 Å². The number of aromatic nitrogens is 1. The third-order valence-corrected chi connectivity index (χ3v) is 5.49. The first kappa shape index (κ1) is 13.1. The van der Waals surface area contributed by atoms with E-state index in [1.54, 1.807) is 11.3 Å². The minimum Gasteiger partial charge on any atom is -0.297 e. The molecular weight excluding hydrogens is 276 g/mol. The van der Waals surface area contributed by atoms with Gasteiger partial charge in [-0.2, -0.15) is 11.8 Å². The number of rotatable bonds is 3. The van der Waals surface area contributed by atoms with E-state index in [4.69, 9.17) is 0 Å². The molecule has 0 amide bonds. The summed E-state index contributed by atoms with van der Waals surface area (Å²) in [5.41, 5.74) is 1.00. The molecule has 1 aliphatic heterocycles. The quantitative estimate of drug-likeness (QED) is 0.870. The zero-order valence-electron chi connectivity index (χ0n) is 10.8. The minimum absolute atomic E-state index is 0.0609. The van der Waals surface area contributed by atoms with Crippen LogP contribution in [0.15, 0.2) is 24.3 Å². The van der Waals surface area contributed by atoms with Crippen LogP contribution >= 0.6 is 23.1 Å². The van der Waals surface area contributed by atoms with Crippen molar-refractivity contribution in [2.75, 3.05) is 25.1 Å². The van der Waals surface area contributed by atoms with E-state index < -0.39 is 0 Å². The van der Waals surface area contributed by atoms with Crippen molar-refractivity contribution in [1.82, 2.24) is 9.88 Å². The topological polar surface area (TPSA) is 33.2 Å². The van der Waals surface area contributed by atoms with E-state index in [9.17, 15) is 4.79 Å². The predicted octanol–water partition coefficient (Wildman–Crippen LogP) is 2.46. The van der Waals surface area contributed by atoms with E-state index in [1.165, 1.54) is 0 Å². The number of likely N-dealkylation sites (N-methyl/N-ethyl adjacent to an activating group) is 1. The molecule has 5 heteroatoms. The van der Waals surface area contributed by atoms with Crippen LogP contribution < -0.4 is 0 Å². The number of hydrogen-bond acceptors (Lipinski definition) is 5. The number of benzene rings is 1. The first-order chi connectivity index (χ1) is 9.24. The molecule has 2 aromatic rings. The van der Waals surface area contributed by atoms with Gasteiger partial charge in [-0.1, -0.05) is 12.1 Å². The van der Waals surface area contributed by atoms with Crippen LogP contribution in [0.1, 0.15) is 5.01 Å². The molecule has 0 radical (unpaired) electrons. The van der Waals surface area contributed by atoms with Gasteiger partial charge < -0.3 is 0 Å². The lowest BCUT2D eigenvalue weighted by Gasteiger charge is -2.30. The van der Waals surface area contributed by atoms with Crippen LogP contribution in [0, 0.1) is 0 Å². The fourth-order valence-corrected chi connectivity index (χ4v) is 4.51. The van der Waals surface area contributed by atoms with Crippen molar-refractivity contribution in [2.24, 2.45) is 0 Å². The number of ketones is 1. The van der Waals surface area contributed by atoms with Gasteiger partial charge in [0.25, 0.3) is 0 Å². The molecular formula is C14H16N2OS2. The average Bonchev–Trinajstić information content (AvgIpc) is 2.81. The lowest BCUT2D eigenvalue weighted by Crippen LogP contribution is -2.45. The highest BCUT2D eigenvalue weighted by molar-refractivity contribution is 7.99. The smallest absolute Gasteiger partial charge is 0.157 e. The summed E-state index contributed by atoms with van der Waals surface area (Å²) in [6, 6.07) is 8.12. The molecule has 19 heavy (non-hydrogen) atoms. The number of carbonyl (C=O) groups is 1. The maximum atomic E-state index is 12.4. The maximum Gasteiger partial charge on any atom is 0.157 e. The Morgan fingerprint density at radius 3 is 3.11 bits per heavy atom. The van der Waals surface area contributed by atoms with Gasteiger partial charge >= 0.3 is 0 Å². The molecule has 1 atom stereocenters. The van der Waals surface area contributed by atoms with Gasteiger partial charge in [-0.05, 0) is 19.2 Å². The highest BCUT2D eigenvalue weighted by atomic mass is 32.2. The van der Waals surface area contributed by atoms with Crippen LogP contribution in [-0.4, -0.2) is 46.8 Å². The number of carbonyl (C=O) groups excluding carboxylic acids is 1. The third-order valence-electron chi connectivity index (χ3n) is 3.43. The molecule has 1 aromatic heterocycles. The summed E-state index contributed by atoms with van der Waals surface area (Å²) < 4.78 is 1.16. The van der Waals surface area contributed by atoms with Gasteiger partial charge in [0.1, 0.15) is 5.01 Å². The Morgan fingerprint density at radius 1 is 1.47 bits per heavy atom. The monoisotopic (exact) mass is 292 g/mol. The number of hydrogen-bond donors (Lipinski definition) is 0. The maximum absolute atomic E-state index is 12.4. The van der Waals surface area contributed by atoms with Crippen molar-refractivity contribution in [3.05, 3.63) is 29.3 Å². The molecule has 0 N–H and O–H groups in total. The molecule has 3 rings (SSSR count). The van der Waals surface area contributed by atoms with Crippen LogP contribution in [0.25, 0.3) is 10.2 Å². The van der Waals surface area contributed by atoms with Crippen molar-refractivity contribution < 1.29 is 4.79 Å². The van der Waals surface area contributed by atoms with Crippen LogP contribution in [0.4, 0.5) is 0 Å². The van der Waals surface area contributed by atoms with Gasteiger partial charge in [0, 0.05) is 18.1 Å². The lowest BCUT2D eigenvalue weighted by atomic mass is 10.1. The first-order valence-corrected chi connectivity index (χ1v) is 8.36. The van der Waals surface area contributed by atoms with Gasteiger partial charge in [0.15, 0.2) is 5.78 Å². The normalized spacial score (nSPS) is 20.8. The summed E-state index contributed by atoms with van der Waals surface area (Å²) in [7, 11) is 2.04. The van der Waals surface area contributed by atoms with Crippen molar-refractivity contribution in [3.63, 3.8) is 0 Å². The molecule has 2 heterocycles. The van der Waals surface area contributed by atoms with E-state index in [1.807, 2.05) is 37.0 Å². The van der Waals surface area contributed by atoms with Crippen molar-refractivity contribution in [2.45, 2.75) is 12.5 Å². The Balaban J connectivity index is 1.75. The zero-order valence-corrected chi connectivity index (χ0v) is 12.5. The molecule has 1 fully saturated rings. The number of para-hydroxylation sites is 1. The van der Waals surface area contributed by atoms with Crippen molar-refractivity contribution in [3.8, 4) is 0 Å². The molecule has 0 aliphatic carbocycles. The molecule has 1 unspecified atom stereocenters. The first-order valence-electron chi connectivity index (χ1n) is 6.39. The Bertz CT molecular complexity index is 563. The number of nitrogens with zero attached hydrogens (tertiary/aromatic N) is 2. The largest absolute Gasteiger partial charge is 0.297 e. The number of thiazole rings is 1. The summed E-state index contributed by atoms with van der Waals surface area (Å²) in [6.45, 7) is 1.00. The molecule has 100 valence electrons. The molecule has 1 aromatic carbocycles. The van der Waals surface area contributed by atoms with Crippen LogP contribution in [0.3, 0.4) is 0 Å². The second-order valence-electron chi connectivity index (χ2n) is 4.79. The minimum atomic E-state index is 0.0609. The standard InChI is InChI=1S/C14H16N2OS2/c1-16-6-7-18-9-11(16)12(17)8-14-15-10-4-2-3-5-13(10)19-14/h2-5,11H,6-9H2,1H3. The molecule has 3 nitrogen and oxygen atoms in total. The second-order valence-corrected chi connectivity index (χ2v) is 7.05. The summed E-state index contributed by atoms with van der Waals surface area (Å²) >= 11 is 3.50. The van der Waals surface area contributed by atoms with Crippen molar-refractivity contribution in [1.29, 1.82) is 0 Å². The Morgan fingerprint density at radius 2 is 2.32 bits per heavy atom. The summed E-state index contributed by atoms with van der Waals surface area (Å²) in [5.74, 6) is 2.34.